The highest BCUT2D eigenvalue weighted by molar-refractivity contribution is 7.54. The van der Waals surface area contributed by atoms with Crippen molar-refractivity contribution in [1.29, 1.82) is 10.3 Å². The Kier molecular flexibility index (Phi) is 13.7. The Balaban J connectivity index is 0.000000301. The summed E-state index contributed by atoms with van der Waals surface area (Å²) >= 11 is 0. The van der Waals surface area contributed by atoms with Crippen molar-refractivity contribution in [3.63, 3.8) is 0 Å². The van der Waals surface area contributed by atoms with Crippen molar-refractivity contribution in [1.82, 2.24) is 0 Å². The van der Waals surface area contributed by atoms with Crippen molar-refractivity contribution in [2.75, 3.05) is 0 Å². The second-order valence-corrected chi connectivity index (χ2v) is 10.8. The number of hydrogen-bond donors (Lipinski definition) is 2. The van der Waals surface area contributed by atoms with Gasteiger partial charge in [-0.3, -0.25) is 0 Å². The number of hydrogen-bond acceptors (Lipinski definition) is 2. The summed E-state index contributed by atoms with van der Waals surface area (Å²) in [5.41, 5.74) is 2.54. The normalized spacial score (nSPS) is 11.5. The second kappa shape index (κ2) is 15.7. The van der Waals surface area contributed by atoms with Gasteiger partial charge in [-0.15, -0.1) is 24.8 Å². The first-order valence-electron chi connectivity index (χ1n) is 10.1. The average molecular weight is 503 g/mol. The fourth-order valence-electron chi connectivity index (χ4n) is 3.08. The molecule has 168 valence electrons. The topological polar surface area (TPSA) is 47.7 Å². The van der Waals surface area contributed by atoms with Crippen LogP contribution in [-0.2, 0) is 12.3 Å². The third-order valence-corrected chi connectivity index (χ3v) is 8.28. The molecule has 0 aliphatic carbocycles. The van der Waals surface area contributed by atoms with Gasteiger partial charge in [0.1, 0.15) is 0 Å². The van der Waals surface area contributed by atoms with Crippen LogP contribution in [0.4, 0.5) is 0 Å². The van der Waals surface area contributed by atoms with Crippen LogP contribution >= 0.6 is 40.2 Å². The minimum absolute atomic E-state index is 0. The van der Waals surface area contributed by atoms with Crippen molar-refractivity contribution in [3.8, 4) is 0 Å². The summed E-state index contributed by atoms with van der Waals surface area (Å²) in [5, 5.41) is 18.7. The maximum absolute atomic E-state index is 8.15. The van der Waals surface area contributed by atoms with Gasteiger partial charge in [-0.25, -0.2) is 0 Å². The van der Waals surface area contributed by atoms with Crippen molar-refractivity contribution < 1.29 is 0 Å². The van der Waals surface area contributed by atoms with E-state index in [1.54, 1.807) is 0 Å². The fourth-order valence-corrected chi connectivity index (χ4v) is 5.97. The van der Waals surface area contributed by atoms with Crippen molar-refractivity contribution in [3.05, 3.63) is 132 Å². The predicted molar refractivity (Wildman–Crippen MR) is 149 cm³/mol. The second-order valence-electron chi connectivity index (χ2n) is 7.01. The van der Waals surface area contributed by atoms with Crippen LogP contribution in [0.2, 0.25) is 0 Å². The quantitative estimate of drug-likeness (QED) is 0.252. The Morgan fingerprint density at radius 1 is 0.406 bits per heavy atom. The smallest absolute Gasteiger partial charge is 0.00868 e. The molecule has 4 aromatic rings. The van der Waals surface area contributed by atoms with Gasteiger partial charge in [0, 0.05) is 12.3 Å². The molecule has 0 bridgehead atoms. The zero-order valence-corrected chi connectivity index (χ0v) is 21.4. The van der Waals surface area contributed by atoms with E-state index < -0.39 is 15.4 Å². The number of rotatable bonds is 6. The Morgan fingerprint density at radius 3 is 0.938 bits per heavy atom. The minimum Gasteiger partial charge on any atom is -0.317 e. The zero-order valence-electron chi connectivity index (χ0n) is 17.8. The number of halogens is 2. The predicted octanol–water partition coefficient (Wildman–Crippen LogP) is 7.82. The third-order valence-electron chi connectivity index (χ3n) is 4.69. The summed E-state index contributed by atoms with van der Waals surface area (Å²) in [5.74, 6) is 0. The van der Waals surface area contributed by atoms with Gasteiger partial charge >= 0.3 is 0 Å². The molecular formula is C26H30Cl2N2P2. The first-order valence-corrected chi connectivity index (χ1v) is 13.5. The molecule has 2 N–H and O–H groups in total. The fraction of sp³-hybridized carbons (Fsp3) is 0.0769. The third kappa shape index (κ3) is 9.60. The maximum atomic E-state index is 8.15. The SMILES string of the molecule is Cl.Cl.N=[PH](Cc1ccccc1)c1ccccc1.N=[PH](Cc1ccccc1)c1ccccc1. The number of benzene rings is 4. The van der Waals surface area contributed by atoms with Crippen LogP contribution in [0.15, 0.2) is 121 Å². The molecule has 0 aliphatic rings. The minimum atomic E-state index is -1.17. The number of nitrogens with one attached hydrogen (secondary N) is 2. The standard InChI is InChI=1S/2C13H14NP.2ClH/c2*14-15(13-9-5-2-6-10-13)11-12-7-3-1-4-8-12;;/h2*1-10,14-15H,11H2;2*1H. The molecule has 2 unspecified atom stereocenters. The molecule has 4 rings (SSSR count). The molecule has 0 saturated heterocycles. The lowest BCUT2D eigenvalue weighted by atomic mass is 10.2. The molecule has 6 heteroatoms. The summed E-state index contributed by atoms with van der Waals surface area (Å²) in [6, 6.07) is 40.9. The first kappa shape index (κ1) is 28.0. The molecule has 2 atom stereocenters. The van der Waals surface area contributed by atoms with Gasteiger partial charge in [0.2, 0.25) is 0 Å². The van der Waals surface area contributed by atoms with Crippen molar-refractivity contribution in [2.45, 2.75) is 12.3 Å². The lowest BCUT2D eigenvalue weighted by Gasteiger charge is -2.05. The molecule has 2 nitrogen and oxygen atoms in total. The van der Waals surface area contributed by atoms with Crippen LogP contribution in [0.25, 0.3) is 0 Å². The lowest BCUT2D eigenvalue weighted by molar-refractivity contribution is 1.38. The van der Waals surface area contributed by atoms with E-state index in [1.165, 1.54) is 21.7 Å². The van der Waals surface area contributed by atoms with Gasteiger partial charge in [0.15, 0.2) is 0 Å². The summed E-state index contributed by atoms with van der Waals surface area (Å²) in [6.07, 6.45) is 1.77. The van der Waals surface area contributed by atoms with E-state index in [9.17, 15) is 0 Å². The van der Waals surface area contributed by atoms with Gasteiger partial charge in [0.25, 0.3) is 0 Å². The molecule has 0 fully saturated rings. The monoisotopic (exact) mass is 502 g/mol. The lowest BCUT2D eigenvalue weighted by Crippen LogP contribution is -1.95. The van der Waals surface area contributed by atoms with Crippen molar-refractivity contribution in [2.24, 2.45) is 0 Å². The summed E-state index contributed by atoms with van der Waals surface area (Å²) < 4.78 is 0. The molecular weight excluding hydrogens is 473 g/mol. The first-order chi connectivity index (χ1) is 14.7. The Morgan fingerprint density at radius 2 is 0.656 bits per heavy atom. The molecule has 0 aliphatic heterocycles. The van der Waals surface area contributed by atoms with Gasteiger partial charge in [-0.2, -0.15) is 0 Å². The van der Waals surface area contributed by atoms with E-state index in [0.717, 1.165) is 12.3 Å². The Labute approximate surface area is 205 Å². The van der Waals surface area contributed by atoms with Gasteiger partial charge in [-0.05, 0) is 37.2 Å². The van der Waals surface area contributed by atoms with Crippen LogP contribution in [0.3, 0.4) is 0 Å². The summed E-state index contributed by atoms with van der Waals surface area (Å²) in [4.78, 5) is 0. The Hall–Kier alpha value is -2.08. The summed E-state index contributed by atoms with van der Waals surface area (Å²) in [7, 11) is -2.34. The molecule has 32 heavy (non-hydrogen) atoms. The molecule has 0 radical (unpaired) electrons. The zero-order chi connectivity index (χ0) is 21.0. The molecule has 4 aromatic carbocycles. The van der Waals surface area contributed by atoms with E-state index in [4.69, 9.17) is 10.3 Å². The van der Waals surface area contributed by atoms with Gasteiger partial charge < -0.3 is 10.3 Å². The largest absolute Gasteiger partial charge is 0.317 e. The van der Waals surface area contributed by atoms with Crippen LogP contribution in [-0.4, -0.2) is 0 Å². The van der Waals surface area contributed by atoms with Gasteiger partial charge in [0.05, 0.1) is 0 Å². The Bertz CT molecular complexity index is 973. The van der Waals surface area contributed by atoms with E-state index >= 15 is 0 Å². The van der Waals surface area contributed by atoms with Crippen LogP contribution in [0.1, 0.15) is 11.1 Å². The van der Waals surface area contributed by atoms with Gasteiger partial charge in [-0.1, -0.05) is 121 Å². The molecule has 0 saturated carbocycles. The van der Waals surface area contributed by atoms with Crippen LogP contribution in [0, 0.1) is 10.3 Å². The molecule has 0 amide bonds. The molecule has 0 spiro atoms. The van der Waals surface area contributed by atoms with Crippen molar-refractivity contribution >= 4 is 50.9 Å². The van der Waals surface area contributed by atoms with E-state index in [-0.39, 0.29) is 24.8 Å². The summed E-state index contributed by atoms with van der Waals surface area (Å²) in [6.45, 7) is 0. The van der Waals surface area contributed by atoms with Crippen LogP contribution < -0.4 is 10.6 Å². The van der Waals surface area contributed by atoms with E-state index in [0.29, 0.717) is 0 Å². The van der Waals surface area contributed by atoms with Crippen LogP contribution in [0.5, 0.6) is 0 Å². The highest BCUT2D eigenvalue weighted by atomic mass is 35.5. The highest BCUT2D eigenvalue weighted by Crippen LogP contribution is 2.27. The molecule has 0 aromatic heterocycles. The van der Waals surface area contributed by atoms with E-state index in [2.05, 4.69) is 48.5 Å². The van der Waals surface area contributed by atoms with E-state index in [1.807, 2.05) is 72.8 Å². The highest BCUT2D eigenvalue weighted by Gasteiger charge is 2.00. The molecule has 0 heterocycles. The average Bonchev–Trinajstić information content (AvgIpc) is 2.82. The maximum Gasteiger partial charge on any atom is 0.00868 e.